The maximum atomic E-state index is 13.0. The number of benzene rings is 3. The number of rotatable bonds is 8. The predicted octanol–water partition coefficient (Wildman–Crippen LogP) is 4.61. The van der Waals surface area contributed by atoms with Gasteiger partial charge in [-0.25, -0.2) is 10.3 Å². The molecule has 3 aromatic rings. The van der Waals surface area contributed by atoms with E-state index in [1.54, 1.807) is 48.5 Å². The molecule has 182 valence electrons. The van der Waals surface area contributed by atoms with Crippen LogP contribution in [0.1, 0.15) is 38.8 Å². The van der Waals surface area contributed by atoms with Crippen molar-refractivity contribution in [2.75, 3.05) is 33.9 Å². The molecule has 0 aliphatic carbocycles. The van der Waals surface area contributed by atoms with Crippen molar-refractivity contribution in [3.8, 4) is 28.7 Å². The molecule has 0 fully saturated rings. The molecule has 0 radical (unpaired) electrons. The minimum Gasteiger partial charge on any atom is -0.496 e. The Labute approximate surface area is 202 Å². The van der Waals surface area contributed by atoms with Gasteiger partial charge in [-0.15, -0.1) is 0 Å². The maximum absolute atomic E-state index is 13.0. The summed E-state index contributed by atoms with van der Waals surface area (Å²) < 4.78 is 27.8. The topological polar surface area (TPSA) is 102 Å². The first-order chi connectivity index (χ1) is 17.0. The van der Waals surface area contributed by atoms with E-state index in [1.165, 1.54) is 28.4 Å². The van der Waals surface area contributed by atoms with Crippen LogP contribution in [0.15, 0.2) is 54.6 Å². The molecule has 1 heterocycles. The number of fused-ring (bicyclic) bond motifs is 1. The van der Waals surface area contributed by atoms with Crippen molar-refractivity contribution in [2.24, 2.45) is 0 Å². The number of anilines is 1. The molecular weight excluding hydrogens is 454 g/mol. The van der Waals surface area contributed by atoms with E-state index in [1.807, 2.05) is 6.07 Å². The lowest BCUT2D eigenvalue weighted by Crippen LogP contribution is -2.22. The Morgan fingerprint density at radius 1 is 0.886 bits per heavy atom. The Bertz CT molecular complexity index is 1220. The minimum absolute atomic E-state index is 0.0569. The Morgan fingerprint density at radius 3 is 2.14 bits per heavy atom. The zero-order chi connectivity index (χ0) is 24.9. The van der Waals surface area contributed by atoms with Crippen molar-refractivity contribution >= 4 is 17.4 Å². The average Bonchev–Trinajstić information content (AvgIpc) is 2.90. The van der Waals surface area contributed by atoms with Gasteiger partial charge in [-0.2, -0.15) is 0 Å². The summed E-state index contributed by atoms with van der Waals surface area (Å²) in [6, 6.07) is 15.5. The third-order valence-corrected chi connectivity index (χ3v) is 5.55. The Morgan fingerprint density at radius 2 is 1.54 bits per heavy atom. The van der Waals surface area contributed by atoms with Crippen LogP contribution in [-0.2, 0) is 4.84 Å². The molecular formula is C26H25NO8. The first-order valence-corrected chi connectivity index (χ1v) is 10.7. The van der Waals surface area contributed by atoms with Crippen molar-refractivity contribution in [3.63, 3.8) is 0 Å². The number of carbonyl (C=O) groups excluding carboxylic acids is 2. The standard InChI is InChI=1S/C26H25NO8/c1-30-17-12-22(33-4)24-18(28)14-19(34-23(24)13-17)15-10-20(31-2)25(21(11-15)32-3)26(29)35-27-16-8-6-5-7-9-16/h5-13,19,27H,14H2,1-4H3. The zero-order valence-electron chi connectivity index (χ0n) is 19.7. The molecule has 4 rings (SSSR count). The van der Waals surface area contributed by atoms with Gasteiger partial charge in [-0.05, 0) is 24.3 Å². The lowest BCUT2D eigenvalue weighted by atomic mass is 9.94. The third-order valence-electron chi connectivity index (χ3n) is 5.55. The molecule has 0 aromatic heterocycles. The number of Topliss-reactive ketones (excluding diaryl/α,β-unsaturated/α-hetero) is 1. The number of ether oxygens (including phenoxy) is 5. The van der Waals surface area contributed by atoms with E-state index in [-0.39, 0.29) is 29.3 Å². The number of para-hydroxylation sites is 1. The molecule has 0 bridgehead atoms. The van der Waals surface area contributed by atoms with E-state index in [0.29, 0.717) is 34.1 Å². The molecule has 1 N–H and O–H groups in total. The SMILES string of the molecule is COc1cc(OC)c2c(c1)OC(c1cc(OC)c(C(=O)ONc3ccccc3)c(OC)c1)CC2=O. The fraction of sp³-hybridized carbons (Fsp3) is 0.231. The summed E-state index contributed by atoms with van der Waals surface area (Å²) in [5.41, 5.74) is 4.25. The molecule has 0 saturated heterocycles. The smallest absolute Gasteiger partial charge is 0.370 e. The van der Waals surface area contributed by atoms with Gasteiger partial charge in [0.25, 0.3) is 0 Å². The van der Waals surface area contributed by atoms with Gasteiger partial charge >= 0.3 is 5.97 Å². The fourth-order valence-electron chi connectivity index (χ4n) is 3.85. The molecule has 0 saturated carbocycles. The second kappa shape index (κ2) is 10.3. The van der Waals surface area contributed by atoms with Crippen molar-refractivity contribution < 1.29 is 38.1 Å². The molecule has 1 atom stereocenters. The van der Waals surface area contributed by atoms with Crippen molar-refractivity contribution in [3.05, 3.63) is 71.3 Å². The highest BCUT2D eigenvalue weighted by Crippen LogP contribution is 2.44. The molecule has 0 spiro atoms. The van der Waals surface area contributed by atoms with Gasteiger partial charge < -0.3 is 28.5 Å². The van der Waals surface area contributed by atoms with Gasteiger partial charge in [0.05, 0.1) is 40.5 Å². The molecule has 0 amide bonds. The summed E-state index contributed by atoms with van der Waals surface area (Å²) in [5.74, 6) is 0.790. The van der Waals surface area contributed by atoms with E-state index in [4.69, 9.17) is 28.5 Å². The van der Waals surface area contributed by atoms with Crippen LogP contribution in [0.3, 0.4) is 0 Å². The van der Waals surface area contributed by atoms with Gasteiger partial charge in [0.2, 0.25) is 0 Å². The van der Waals surface area contributed by atoms with Gasteiger partial charge in [-0.3, -0.25) is 4.79 Å². The number of hydrogen-bond donors (Lipinski definition) is 1. The van der Waals surface area contributed by atoms with Gasteiger partial charge in [0.15, 0.2) is 5.78 Å². The lowest BCUT2D eigenvalue weighted by Gasteiger charge is -2.28. The predicted molar refractivity (Wildman–Crippen MR) is 127 cm³/mol. The number of hydrogen-bond acceptors (Lipinski definition) is 9. The molecule has 9 heteroatoms. The monoisotopic (exact) mass is 479 g/mol. The van der Waals surface area contributed by atoms with Crippen LogP contribution in [-0.4, -0.2) is 40.2 Å². The lowest BCUT2D eigenvalue weighted by molar-refractivity contribution is 0.0587. The molecule has 9 nitrogen and oxygen atoms in total. The van der Waals surface area contributed by atoms with Gasteiger partial charge in [0, 0.05) is 17.7 Å². The molecule has 35 heavy (non-hydrogen) atoms. The average molecular weight is 479 g/mol. The normalized spacial score (nSPS) is 14.3. The van der Waals surface area contributed by atoms with Crippen LogP contribution < -0.4 is 29.2 Å². The summed E-state index contributed by atoms with van der Waals surface area (Å²) in [4.78, 5) is 31.1. The minimum atomic E-state index is -0.699. The van der Waals surface area contributed by atoms with E-state index >= 15 is 0 Å². The van der Waals surface area contributed by atoms with Gasteiger partial charge in [-0.1, -0.05) is 18.2 Å². The summed E-state index contributed by atoms with van der Waals surface area (Å²) in [6.07, 6.45) is -0.594. The summed E-state index contributed by atoms with van der Waals surface area (Å²) >= 11 is 0. The highest BCUT2D eigenvalue weighted by atomic mass is 16.7. The van der Waals surface area contributed by atoms with Crippen LogP contribution in [0, 0.1) is 0 Å². The Kier molecular flexibility index (Phi) is 6.96. The van der Waals surface area contributed by atoms with Crippen LogP contribution in [0.25, 0.3) is 0 Å². The summed E-state index contributed by atoms with van der Waals surface area (Å²) in [6.45, 7) is 0. The first kappa shape index (κ1) is 23.7. The molecule has 1 unspecified atom stereocenters. The maximum Gasteiger partial charge on any atom is 0.370 e. The molecule has 1 aliphatic heterocycles. The van der Waals surface area contributed by atoms with Crippen LogP contribution in [0.2, 0.25) is 0 Å². The number of ketones is 1. The van der Waals surface area contributed by atoms with E-state index in [2.05, 4.69) is 5.48 Å². The summed E-state index contributed by atoms with van der Waals surface area (Å²) in [7, 11) is 5.85. The number of nitrogens with one attached hydrogen (secondary N) is 1. The molecule has 1 aliphatic rings. The quantitative estimate of drug-likeness (QED) is 0.464. The van der Waals surface area contributed by atoms with Crippen LogP contribution in [0.4, 0.5) is 5.69 Å². The van der Waals surface area contributed by atoms with E-state index in [9.17, 15) is 9.59 Å². The second-order valence-electron chi connectivity index (χ2n) is 7.59. The van der Waals surface area contributed by atoms with Gasteiger partial charge in [0.1, 0.15) is 46.0 Å². The van der Waals surface area contributed by atoms with E-state index in [0.717, 1.165) is 0 Å². The highest BCUT2D eigenvalue weighted by molar-refractivity contribution is 6.03. The number of methoxy groups -OCH3 is 4. The van der Waals surface area contributed by atoms with Crippen molar-refractivity contribution in [2.45, 2.75) is 12.5 Å². The molecule has 3 aromatic carbocycles. The Hall–Kier alpha value is -4.40. The largest absolute Gasteiger partial charge is 0.496 e. The zero-order valence-corrected chi connectivity index (χ0v) is 19.7. The van der Waals surface area contributed by atoms with Crippen molar-refractivity contribution in [1.82, 2.24) is 0 Å². The highest BCUT2D eigenvalue weighted by Gasteiger charge is 2.33. The second-order valence-corrected chi connectivity index (χ2v) is 7.59. The van der Waals surface area contributed by atoms with Crippen LogP contribution >= 0.6 is 0 Å². The number of carbonyl (C=O) groups is 2. The van der Waals surface area contributed by atoms with E-state index < -0.39 is 12.1 Å². The summed E-state index contributed by atoms with van der Waals surface area (Å²) in [5, 5.41) is 0. The fourth-order valence-corrected chi connectivity index (χ4v) is 3.85. The van der Waals surface area contributed by atoms with Crippen LogP contribution in [0.5, 0.6) is 28.7 Å². The third kappa shape index (κ3) is 4.79. The first-order valence-electron chi connectivity index (χ1n) is 10.7. The van der Waals surface area contributed by atoms with Crippen molar-refractivity contribution in [1.29, 1.82) is 0 Å². The Balaban J connectivity index is 1.65.